The molecule has 0 aliphatic rings. The van der Waals surface area contributed by atoms with E-state index in [0.717, 1.165) is 5.39 Å². The van der Waals surface area contributed by atoms with E-state index in [4.69, 9.17) is 0 Å². The molecule has 0 spiro atoms. The van der Waals surface area contributed by atoms with Crippen molar-refractivity contribution in [3.05, 3.63) is 35.3 Å². The standard InChI is InChI=1S/C11H10FNO2/c1-6-8(12)4-3-7-5-9(11(14)15-2)13-10(6)7/h3-5,13H,1-2H3. The molecule has 0 bridgehead atoms. The number of rotatable bonds is 1. The van der Waals surface area contributed by atoms with E-state index in [2.05, 4.69) is 9.72 Å². The number of nitrogens with one attached hydrogen (secondary N) is 1. The molecule has 78 valence electrons. The van der Waals surface area contributed by atoms with Crippen molar-refractivity contribution in [3.63, 3.8) is 0 Å². The van der Waals surface area contributed by atoms with Crippen molar-refractivity contribution in [2.24, 2.45) is 0 Å². The van der Waals surface area contributed by atoms with Gasteiger partial charge in [-0.15, -0.1) is 0 Å². The lowest BCUT2D eigenvalue weighted by Gasteiger charge is -1.97. The average molecular weight is 207 g/mol. The van der Waals surface area contributed by atoms with Crippen LogP contribution in [0.3, 0.4) is 0 Å². The zero-order chi connectivity index (χ0) is 11.0. The number of halogens is 1. The SMILES string of the molecule is COC(=O)c1cc2ccc(F)c(C)c2[nH]1. The molecule has 0 unspecified atom stereocenters. The minimum Gasteiger partial charge on any atom is -0.464 e. The predicted octanol–water partition coefficient (Wildman–Crippen LogP) is 2.40. The first kappa shape index (κ1) is 9.71. The molecule has 0 aliphatic heterocycles. The first-order chi connectivity index (χ1) is 7.13. The highest BCUT2D eigenvalue weighted by molar-refractivity contribution is 5.95. The molecule has 0 saturated carbocycles. The first-order valence-corrected chi connectivity index (χ1v) is 4.49. The summed E-state index contributed by atoms with van der Waals surface area (Å²) in [5, 5.41) is 0.800. The van der Waals surface area contributed by atoms with Gasteiger partial charge in [0, 0.05) is 10.9 Å². The average Bonchev–Trinajstić information content (AvgIpc) is 2.67. The van der Waals surface area contributed by atoms with Crippen LogP contribution in [0, 0.1) is 12.7 Å². The normalized spacial score (nSPS) is 10.6. The van der Waals surface area contributed by atoms with Crippen LogP contribution in [0.5, 0.6) is 0 Å². The number of ether oxygens (including phenoxy) is 1. The molecule has 2 aromatic rings. The van der Waals surface area contributed by atoms with Crippen molar-refractivity contribution in [1.82, 2.24) is 4.98 Å². The summed E-state index contributed by atoms with van der Waals surface area (Å²) in [6.07, 6.45) is 0. The highest BCUT2D eigenvalue weighted by atomic mass is 19.1. The van der Waals surface area contributed by atoms with E-state index >= 15 is 0 Å². The van der Waals surface area contributed by atoms with Gasteiger partial charge in [0.05, 0.1) is 12.6 Å². The van der Waals surface area contributed by atoms with Gasteiger partial charge in [-0.3, -0.25) is 0 Å². The molecule has 15 heavy (non-hydrogen) atoms. The Morgan fingerprint density at radius 3 is 2.87 bits per heavy atom. The lowest BCUT2D eigenvalue weighted by atomic mass is 10.1. The van der Waals surface area contributed by atoms with Crippen LogP contribution in [0.25, 0.3) is 10.9 Å². The Hall–Kier alpha value is -1.84. The van der Waals surface area contributed by atoms with Crippen LogP contribution in [0.1, 0.15) is 16.1 Å². The molecule has 1 aromatic heterocycles. The maximum Gasteiger partial charge on any atom is 0.354 e. The number of hydrogen-bond acceptors (Lipinski definition) is 2. The number of fused-ring (bicyclic) bond motifs is 1. The van der Waals surface area contributed by atoms with Crippen LogP contribution in [0.4, 0.5) is 4.39 Å². The molecule has 4 heteroatoms. The summed E-state index contributed by atoms with van der Waals surface area (Å²) in [5.41, 5.74) is 1.47. The van der Waals surface area contributed by atoms with Crippen molar-refractivity contribution in [2.75, 3.05) is 7.11 Å². The molecular formula is C11H10FNO2. The van der Waals surface area contributed by atoms with Crippen molar-refractivity contribution in [1.29, 1.82) is 0 Å². The Morgan fingerprint density at radius 1 is 1.47 bits per heavy atom. The van der Waals surface area contributed by atoms with Gasteiger partial charge in [-0.1, -0.05) is 0 Å². The molecule has 0 aliphatic carbocycles. The molecule has 0 fully saturated rings. The number of aromatic nitrogens is 1. The number of benzene rings is 1. The van der Waals surface area contributed by atoms with E-state index in [1.807, 2.05) is 0 Å². The third-order valence-corrected chi connectivity index (χ3v) is 2.40. The van der Waals surface area contributed by atoms with Crippen LogP contribution in [-0.4, -0.2) is 18.1 Å². The van der Waals surface area contributed by atoms with E-state index in [0.29, 0.717) is 16.8 Å². The van der Waals surface area contributed by atoms with Crippen molar-refractivity contribution >= 4 is 16.9 Å². The highest BCUT2D eigenvalue weighted by Gasteiger charge is 2.11. The van der Waals surface area contributed by atoms with E-state index < -0.39 is 5.97 Å². The molecule has 0 atom stereocenters. The zero-order valence-corrected chi connectivity index (χ0v) is 8.43. The number of hydrogen-bond donors (Lipinski definition) is 1. The van der Waals surface area contributed by atoms with Gasteiger partial charge < -0.3 is 9.72 Å². The second kappa shape index (κ2) is 3.38. The van der Waals surface area contributed by atoms with Gasteiger partial charge in [0.2, 0.25) is 0 Å². The number of H-pyrrole nitrogens is 1. The molecule has 0 radical (unpaired) electrons. The highest BCUT2D eigenvalue weighted by Crippen LogP contribution is 2.21. The summed E-state index contributed by atoms with van der Waals surface area (Å²) in [5.74, 6) is -0.744. The van der Waals surface area contributed by atoms with Crippen LogP contribution in [0.2, 0.25) is 0 Å². The Kier molecular flexibility index (Phi) is 2.19. The minimum absolute atomic E-state index is 0.291. The van der Waals surface area contributed by atoms with E-state index in [-0.39, 0.29) is 5.82 Å². The second-order valence-electron chi connectivity index (χ2n) is 3.31. The summed E-state index contributed by atoms with van der Waals surface area (Å²) >= 11 is 0. The fourth-order valence-corrected chi connectivity index (χ4v) is 1.54. The van der Waals surface area contributed by atoms with Crippen LogP contribution in [-0.2, 0) is 4.74 Å². The summed E-state index contributed by atoms with van der Waals surface area (Å²) < 4.78 is 17.8. The number of aromatic amines is 1. The van der Waals surface area contributed by atoms with Gasteiger partial charge in [-0.2, -0.15) is 0 Å². The zero-order valence-electron chi connectivity index (χ0n) is 8.43. The second-order valence-corrected chi connectivity index (χ2v) is 3.31. The molecule has 0 saturated heterocycles. The van der Waals surface area contributed by atoms with Crippen molar-refractivity contribution in [2.45, 2.75) is 6.92 Å². The summed E-state index contributed by atoms with van der Waals surface area (Å²) in [4.78, 5) is 14.1. The fraction of sp³-hybridized carbons (Fsp3) is 0.182. The Morgan fingerprint density at radius 2 is 2.20 bits per heavy atom. The monoisotopic (exact) mass is 207 g/mol. The summed E-state index contributed by atoms with van der Waals surface area (Å²) in [6.45, 7) is 1.66. The number of carbonyl (C=O) groups excluding carboxylic acids is 1. The minimum atomic E-state index is -0.453. The lowest BCUT2D eigenvalue weighted by Crippen LogP contribution is -2.00. The quantitative estimate of drug-likeness (QED) is 0.729. The largest absolute Gasteiger partial charge is 0.464 e. The first-order valence-electron chi connectivity index (χ1n) is 4.49. The van der Waals surface area contributed by atoms with Crippen LogP contribution < -0.4 is 0 Å². The third-order valence-electron chi connectivity index (χ3n) is 2.40. The van der Waals surface area contributed by atoms with E-state index in [9.17, 15) is 9.18 Å². The Balaban J connectivity index is 2.66. The van der Waals surface area contributed by atoms with Gasteiger partial charge in [0.15, 0.2) is 0 Å². The van der Waals surface area contributed by atoms with Crippen molar-refractivity contribution in [3.8, 4) is 0 Å². The molecule has 3 nitrogen and oxygen atoms in total. The predicted molar refractivity (Wildman–Crippen MR) is 54.3 cm³/mol. The summed E-state index contributed by atoms with van der Waals surface area (Å²) in [7, 11) is 1.31. The van der Waals surface area contributed by atoms with E-state index in [1.54, 1.807) is 19.1 Å². The maximum absolute atomic E-state index is 13.2. The molecule has 1 heterocycles. The third kappa shape index (κ3) is 1.48. The van der Waals surface area contributed by atoms with Crippen LogP contribution in [0.15, 0.2) is 18.2 Å². The van der Waals surface area contributed by atoms with Crippen LogP contribution >= 0.6 is 0 Å². The van der Waals surface area contributed by atoms with Gasteiger partial charge >= 0.3 is 5.97 Å². The smallest absolute Gasteiger partial charge is 0.354 e. The molecule has 1 N–H and O–H groups in total. The Labute approximate surface area is 85.9 Å². The topological polar surface area (TPSA) is 42.1 Å². The number of methoxy groups -OCH3 is 1. The van der Waals surface area contributed by atoms with Gasteiger partial charge in [0.1, 0.15) is 11.5 Å². The van der Waals surface area contributed by atoms with Gasteiger partial charge in [-0.25, -0.2) is 9.18 Å². The number of esters is 1. The Bertz CT molecular complexity index is 531. The molecule has 2 rings (SSSR count). The van der Waals surface area contributed by atoms with Gasteiger partial charge in [0.25, 0.3) is 0 Å². The van der Waals surface area contributed by atoms with Gasteiger partial charge in [-0.05, 0) is 25.1 Å². The van der Waals surface area contributed by atoms with Crippen molar-refractivity contribution < 1.29 is 13.9 Å². The molecular weight excluding hydrogens is 197 g/mol. The maximum atomic E-state index is 13.2. The van der Waals surface area contributed by atoms with E-state index in [1.165, 1.54) is 13.2 Å². The molecule has 0 amide bonds. The lowest BCUT2D eigenvalue weighted by molar-refractivity contribution is 0.0595. The number of carbonyl (C=O) groups is 1. The molecule has 1 aromatic carbocycles. The number of aryl methyl sites for hydroxylation is 1. The fourth-order valence-electron chi connectivity index (χ4n) is 1.54. The summed E-state index contributed by atoms with van der Waals surface area (Å²) in [6, 6.07) is 4.65.